The highest BCUT2D eigenvalue weighted by molar-refractivity contribution is 6.02. The third-order valence-corrected chi connectivity index (χ3v) is 4.94. The molecule has 0 unspecified atom stereocenters. The van der Waals surface area contributed by atoms with Gasteiger partial charge < -0.3 is 24.8 Å². The molecule has 0 radical (unpaired) electrons. The molecule has 0 fully saturated rings. The number of fused-ring (bicyclic) bond motifs is 1. The van der Waals surface area contributed by atoms with Crippen LogP contribution in [0.25, 0.3) is 0 Å². The number of amides is 4. The minimum Gasteiger partial charge on any atom is -0.454 e. The molecule has 1 heterocycles. The topological polar surface area (TPSA) is 132 Å². The summed E-state index contributed by atoms with van der Waals surface area (Å²) < 4.78 is 15.3. The number of urea groups is 1. The van der Waals surface area contributed by atoms with Gasteiger partial charge in [-0.15, -0.1) is 0 Å². The number of rotatable bonds is 6. The minimum absolute atomic E-state index is 0.0476. The number of carbonyl (C=O) groups excluding carboxylic acids is 4. The highest BCUT2D eigenvalue weighted by Gasteiger charge is 2.21. The Bertz CT molecular complexity index is 1090. The fraction of sp³-hybridized carbons (Fsp3) is 0.333. The lowest BCUT2D eigenvalue weighted by Crippen LogP contribution is -2.42. The molecule has 1 atom stereocenters. The Labute approximate surface area is 196 Å². The third kappa shape index (κ3) is 6.47. The highest BCUT2D eigenvalue weighted by Crippen LogP contribution is 2.34. The molecule has 1 aliphatic rings. The second-order valence-corrected chi connectivity index (χ2v) is 8.70. The summed E-state index contributed by atoms with van der Waals surface area (Å²) in [7, 11) is 0. The summed E-state index contributed by atoms with van der Waals surface area (Å²) in [6, 6.07) is 10.0. The van der Waals surface area contributed by atoms with Crippen molar-refractivity contribution in [2.24, 2.45) is 0 Å². The number of anilines is 1. The van der Waals surface area contributed by atoms with E-state index < -0.39 is 36.5 Å². The van der Waals surface area contributed by atoms with Crippen molar-refractivity contribution in [2.45, 2.75) is 39.2 Å². The summed E-state index contributed by atoms with van der Waals surface area (Å²) in [6.45, 7) is 7.05. The van der Waals surface area contributed by atoms with Gasteiger partial charge in [-0.2, -0.15) is 0 Å². The van der Waals surface area contributed by atoms with E-state index in [1.807, 2.05) is 17.4 Å². The molecule has 2 aromatic rings. The van der Waals surface area contributed by atoms with E-state index in [1.54, 1.807) is 30.3 Å². The van der Waals surface area contributed by atoms with Crippen LogP contribution in [-0.4, -0.2) is 43.3 Å². The van der Waals surface area contributed by atoms with Gasteiger partial charge in [0.05, 0.1) is 0 Å². The molecule has 1 aliphatic heterocycles. The Morgan fingerprint density at radius 1 is 1.00 bits per heavy atom. The van der Waals surface area contributed by atoms with E-state index in [0.29, 0.717) is 22.7 Å². The monoisotopic (exact) mass is 469 g/mol. The molecule has 34 heavy (non-hydrogen) atoms. The average molecular weight is 469 g/mol. The zero-order valence-corrected chi connectivity index (χ0v) is 19.4. The molecule has 10 heteroatoms. The Balaban J connectivity index is 1.42. The van der Waals surface area contributed by atoms with Crippen molar-refractivity contribution in [2.75, 3.05) is 18.7 Å². The van der Waals surface area contributed by atoms with Gasteiger partial charge in [0, 0.05) is 17.3 Å². The first-order valence-electron chi connectivity index (χ1n) is 10.6. The number of carbonyl (C=O) groups is 4. The predicted octanol–water partition coefficient (Wildman–Crippen LogP) is 2.72. The molecule has 10 nitrogen and oxygen atoms in total. The molecular weight excluding hydrogens is 442 g/mol. The molecule has 3 rings (SSSR count). The summed E-state index contributed by atoms with van der Waals surface area (Å²) in [6.07, 6.45) is 0. The maximum absolute atomic E-state index is 12.4. The molecule has 0 saturated carbocycles. The zero-order chi connectivity index (χ0) is 24.9. The first-order chi connectivity index (χ1) is 16.0. The molecule has 180 valence electrons. The number of benzene rings is 2. The Kier molecular flexibility index (Phi) is 7.40. The van der Waals surface area contributed by atoms with Crippen molar-refractivity contribution < 1.29 is 33.4 Å². The van der Waals surface area contributed by atoms with Crippen LogP contribution < -0.4 is 25.4 Å². The highest BCUT2D eigenvalue weighted by atomic mass is 16.7. The SMILES string of the molecule is C[C@@H](NC(=O)c1ccc(C(C)(C)C)cc1)C(=O)OCC(=O)NC(=O)Nc1ccc2c(c1)OCO2. The van der Waals surface area contributed by atoms with Gasteiger partial charge in [-0.05, 0) is 42.2 Å². The van der Waals surface area contributed by atoms with Crippen molar-refractivity contribution in [3.63, 3.8) is 0 Å². The summed E-state index contributed by atoms with van der Waals surface area (Å²) in [5, 5.41) is 7.04. The number of imide groups is 1. The Hall–Kier alpha value is -4.08. The van der Waals surface area contributed by atoms with Gasteiger partial charge >= 0.3 is 12.0 Å². The van der Waals surface area contributed by atoms with E-state index in [1.165, 1.54) is 6.92 Å². The van der Waals surface area contributed by atoms with Gasteiger partial charge in [0.25, 0.3) is 11.8 Å². The lowest BCUT2D eigenvalue weighted by Gasteiger charge is -2.19. The molecule has 2 aromatic carbocycles. The van der Waals surface area contributed by atoms with Crippen molar-refractivity contribution >= 4 is 29.5 Å². The molecule has 0 spiro atoms. The fourth-order valence-corrected chi connectivity index (χ4v) is 3.02. The summed E-state index contributed by atoms with van der Waals surface area (Å²) in [4.78, 5) is 48.4. The molecule has 0 bridgehead atoms. The van der Waals surface area contributed by atoms with Crippen molar-refractivity contribution in [3.05, 3.63) is 53.6 Å². The maximum Gasteiger partial charge on any atom is 0.328 e. The largest absolute Gasteiger partial charge is 0.454 e. The number of hydrogen-bond acceptors (Lipinski definition) is 7. The molecule has 0 aromatic heterocycles. The van der Waals surface area contributed by atoms with Gasteiger partial charge in [0.1, 0.15) is 6.04 Å². The average Bonchev–Trinajstić information content (AvgIpc) is 3.24. The number of nitrogens with one attached hydrogen (secondary N) is 3. The van der Waals surface area contributed by atoms with Crippen LogP contribution in [0.15, 0.2) is 42.5 Å². The van der Waals surface area contributed by atoms with Gasteiger partial charge in [-0.1, -0.05) is 32.9 Å². The normalized spacial score (nSPS) is 12.9. The van der Waals surface area contributed by atoms with Crippen LogP contribution in [0.2, 0.25) is 0 Å². The summed E-state index contributed by atoms with van der Waals surface area (Å²) >= 11 is 0. The Morgan fingerprint density at radius 3 is 2.35 bits per heavy atom. The lowest BCUT2D eigenvalue weighted by atomic mass is 9.86. The number of hydrogen-bond donors (Lipinski definition) is 3. The van der Waals surface area contributed by atoms with E-state index in [0.717, 1.165) is 5.56 Å². The fourth-order valence-electron chi connectivity index (χ4n) is 3.02. The quantitative estimate of drug-likeness (QED) is 0.554. The van der Waals surface area contributed by atoms with Crippen molar-refractivity contribution in [1.29, 1.82) is 0 Å². The van der Waals surface area contributed by atoms with E-state index in [4.69, 9.17) is 14.2 Å². The van der Waals surface area contributed by atoms with E-state index in [9.17, 15) is 19.2 Å². The molecule has 0 aliphatic carbocycles. The van der Waals surface area contributed by atoms with Gasteiger partial charge in [0.2, 0.25) is 6.79 Å². The molecule has 3 N–H and O–H groups in total. The minimum atomic E-state index is -0.995. The van der Waals surface area contributed by atoms with Gasteiger partial charge in [0.15, 0.2) is 18.1 Å². The predicted molar refractivity (Wildman–Crippen MR) is 123 cm³/mol. The van der Waals surface area contributed by atoms with Crippen LogP contribution in [0.5, 0.6) is 11.5 Å². The molecule has 4 amide bonds. The molecule has 0 saturated heterocycles. The summed E-state index contributed by atoms with van der Waals surface area (Å²) in [5.74, 6) is -1.07. The second-order valence-electron chi connectivity index (χ2n) is 8.70. The number of ether oxygens (including phenoxy) is 3. The first kappa shape index (κ1) is 24.6. The van der Waals surface area contributed by atoms with Gasteiger partial charge in [-0.25, -0.2) is 9.59 Å². The van der Waals surface area contributed by atoms with Crippen molar-refractivity contribution in [1.82, 2.24) is 10.6 Å². The number of esters is 1. The van der Waals surface area contributed by atoms with Crippen LogP contribution >= 0.6 is 0 Å². The third-order valence-electron chi connectivity index (χ3n) is 4.94. The lowest BCUT2D eigenvalue weighted by molar-refractivity contribution is -0.149. The zero-order valence-electron chi connectivity index (χ0n) is 19.4. The van der Waals surface area contributed by atoms with E-state index in [-0.39, 0.29) is 12.2 Å². The van der Waals surface area contributed by atoms with E-state index in [2.05, 4.69) is 31.4 Å². The van der Waals surface area contributed by atoms with Crippen LogP contribution in [0.3, 0.4) is 0 Å². The summed E-state index contributed by atoms with van der Waals surface area (Å²) in [5.41, 5.74) is 1.81. The van der Waals surface area contributed by atoms with Crippen LogP contribution in [0.1, 0.15) is 43.6 Å². The van der Waals surface area contributed by atoms with Gasteiger partial charge in [-0.3, -0.25) is 14.9 Å². The van der Waals surface area contributed by atoms with Crippen LogP contribution in [0.4, 0.5) is 10.5 Å². The van der Waals surface area contributed by atoms with Crippen LogP contribution in [-0.2, 0) is 19.7 Å². The van der Waals surface area contributed by atoms with Crippen LogP contribution in [0, 0.1) is 0 Å². The maximum atomic E-state index is 12.4. The second kappa shape index (κ2) is 10.2. The van der Waals surface area contributed by atoms with Crippen molar-refractivity contribution in [3.8, 4) is 11.5 Å². The molecular formula is C24H27N3O7. The standard InChI is InChI=1S/C24H27N3O7/c1-14(25-21(29)15-5-7-16(8-6-15)24(2,3)4)22(30)32-12-20(28)27-23(31)26-17-9-10-18-19(11-17)34-13-33-18/h5-11,14H,12-13H2,1-4H3,(H,25,29)(H2,26,27,28,31)/t14-/m1/s1. The first-order valence-corrected chi connectivity index (χ1v) is 10.6. The van der Waals surface area contributed by atoms with E-state index >= 15 is 0 Å². The Morgan fingerprint density at radius 2 is 1.68 bits per heavy atom. The smallest absolute Gasteiger partial charge is 0.328 e.